The smallest absolute Gasteiger partial charge is 0.360 e. The maximum atomic E-state index is 11.8. The molecule has 0 aliphatic carbocycles. The summed E-state index contributed by atoms with van der Waals surface area (Å²) in [5.41, 5.74) is 6.32. The van der Waals surface area contributed by atoms with Crippen molar-refractivity contribution in [3.63, 3.8) is 0 Å². The molecule has 1 aromatic heterocycles. The highest BCUT2D eigenvalue weighted by atomic mass is 16.5. The number of hydrogen-bond acceptors (Lipinski definition) is 5. The third kappa shape index (κ3) is 3.12. The van der Waals surface area contributed by atoms with Gasteiger partial charge in [-0.3, -0.25) is 0 Å². The Kier molecular flexibility index (Phi) is 5.00. The summed E-state index contributed by atoms with van der Waals surface area (Å²) < 4.78 is 12.4. The first kappa shape index (κ1) is 14.8. The van der Waals surface area contributed by atoms with Gasteiger partial charge in [0.15, 0.2) is 5.69 Å². The van der Waals surface area contributed by atoms with Crippen LogP contribution < -0.4 is 5.73 Å². The van der Waals surface area contributed by atoms with Crippen molar-refractivity contribution in [3.8, 4) is 0 Å². The summed E-state index contributed by atoms with van der Waals surface area (Å²) in [6.45, 7) is 6.43. The molecule has 0 radical (unpaired) electrons. The average Bonchev–Trinajstić information content (AvgIpc) is 2.77. The number of nitrogens with zero attached hydrogens (tertiary/aromatic N) is 2. The molecule has 2 rings (SSSR count). The van der Waals surface area contributed by atoms with Crippen LogP contribution in [0.5, 0.6) is 0 Å². The summed E-state index contributed by atoms with van der Waals surface area (Å²) in [5, 5.41) is 0. The highest BCUT2D eigenvalue weighted by Crippen LogP contribution is 2.22. The third-order valence-corrected chi connectivity index (χ3v) is 3.57. The van der Waals surface area contributed by atoms with Crippen molar-refractivity contribution in [1.82, 2.24) is 9.55 Å². The number of hydrogen-bond donors (Lipinski definition) is 1. The zero-order valence-electron chi connectivity index (χ0n) is 12.2. The molecule has 0 saturated carbocycles. The standard InChI is InChI=1S/C14H23N3O3/c1-3-11-16-12(14(18)20-4-2)13(15)17(11)8-10-6-5-7-19-9-10/h10H,3-9,15H2,1-2H3. The van der Waals surface area contributed by atoms with Crippen LogP contribution in [0.25, 0.3) is 0 Å². The molecular formula is C14H23N3O3. The third-order valence-electron chi connectivity index (χ3n) is 3.57. The number of rotatable bonds is 5. The van der Waals surface area contributed by atoms with Gasteiger partial charge in [-0.05, 0) is 19.8 Å². The lowest BCUT2D eigenvalue weighted by molar-refractivity contribution is 0.0482. The van der Waals surface area contributed by atoms with Crippen molar-refractivity contribution in [3.05, 3.63) is 11.5 Å². The largest absolute Gasteiger partial charge is 0.461 e. The van der Waals surface area contributed by atoms with E-state index in [2.05, 4.69) is 4.98 Å². The summed E-state index contributed by atoms with van der Waals surface area (Å²) >= 11 is 0. The van der Waals surface area contributed by atoms with Crippen LogP contribution in [0.2, 0.25) is 0 Å². The maximum absolute atomic E-state index is 11.8. The number of nitrogens with two attached hydrogens (primary N) is 1. The van der Waals surface area contributed by atoms with Gasteiger partial charge >= 0.3 is 5.97 Å². The molecule has 2 heterocycles. The molecule has 1 atom stereocenters. The van der Waals surface area contributed by atoms with Gasteiger partial charge in [0.1, 0.15) is 11.6 Å². The average molecular weight is 281 g/mol. The second-order valence-corrected chi connectivity index (χ2v) is 5.03. The van der Waals surface area contributed by atoms with Gasteiger partial charge in [0.25, 0.3) is 0 Å². The van der Waals surface area contributed by atoms with E-state index in [1.165, 1.54) is 0 Å². The van der Waals surface area contributed by atoms with E-state index < -0.39 is 5.97 Å². The minimum absolute atomic E-state index is 0.237. The number of esters is 1. The number of ether oxygens (including phenoxy) is 2. The quantitative estimate of drug-likeness (QED) is 0.830. The second kappa shape index (κ2) is 6.74. The molecule has 0 aromatic carbocycles. The van der Waals surface area contributed by atoms with Crippen LogP contribution in [0.15, 0.2) is 0 Å². The van der Waals surface area contributed by atoms with Gasteiger partial charge in [0, 0.05) is 25.5 Å². The molecule has 1 aliphatic heterocycles. The number of aromatic nitrogens is 2. The first-order chi connectivity index (χ1) is 9.67. The van der Waals surface area contributed by atoms with Gasteiger partial charge in [-0.25, -0.2) is 9.78 Å². The Hall–Kier alpha value is -1.56. The van der Waals surface area contributed by atoms with E-state index in [0.717, 1.165) is 44.8 Å². The van der Waals surface area contributed by atoms with Crippen LogP contribution in [0.3, 0.4) is 0 Å². The molecule has 0 bridgehead atoms. The Labute approximate surface area is 119 Å². The molecule has 1 saturated heterocycles. The molecule has 6 nitrogen and oxygen atoms in total. The van der Waals surface area contributed by atoms with Crippen LogP contribution in [-0.4, -0.2) is 35.3 Å². The Balaban J connectivity index is 2.20. The first-order valence-corrected chi connectivity index (χ1v) is 7.27. The summed E-state index contributed by atoms with van der Waals surface area (Å²) in [5.74, 6) is 1.22. The molecule has 1 fully saturated rings. The summed E-state index contributed by atoms with van der Waals surface area (Å²) in [6.07, 6.45) is 2.93. The molecule has 1 aliphatic rings. The van der Waals surface area contributed by atoms with E-state index in [4.69, 9.17) is 15.2 Å². The van der Waals surface area contributed by atoms with Crippen molar-refractivity contribution in [2.24, 2.45) is 5.92 Å². The first-order valence-electron chi connectivity index (χ1n) is 7.27. The van der Waals surface area contributed by atoms with E-state index in [1.807, 2.05) is 11.5 Å². The van der Waals surface area contributed by atoms with Gasteiger partial charge in [0.05, 0.1) is 13.2 Å². The van der Waals surface area contributed by atoms with Gasteiger partial charge in [0.2, 0.25) is 0 Å². The minimum atomic E-state index is -0.446. The Bertz CT molecular complexity index is 464. The van der Waals surface area contributed by atoms with Crippen molar-refractivity contribution >= 4 is 11.8 Å². The van der Waals surface area contributed by atoms with Crippen molar-refractivity contribution in [2.45, 2.75) is 39.7 Å². The summed E-state index contributed by atoms with van der Waals surface area (Å²) in [7, 11) is 0. The Morgan fingerprint density at radius 2 is 2.35 bits per heavy atom. The summed E-state index contributed by atoms with van der Waals surface area (Å²) in [6, 6.07) is 0. The van der Waals surface area contributed by atoms with Gasteiger partial charge in [-0.15, -0.1) is 0 Å². The van der Waals surface area contributed by atoms with Gasteiger partial charge in [-0.2, -0.15) is 0 Å². The number of carbonyl (C=O) groups is 1. The van der Waals surface area contributed by atoms with E-state index in [9.17, 15) is 4.79 Å². The fourth-order valence-electron chi connectivity index (χ4n) is 2.55. The minimum Gasteiger partial charge on any atom is -0.461 e. The number of nitrogen functional groups attached to an aromatic ring is 1. The van der Waals surface area contributed by atoms with Crippen molar-refractivity contribution in [1.29, 1.82) is 0 Å². The van der Waals surface area contributed by atoms with Crippen molar-refractivity contribution < 1.29 is 14.3 Å². The number of carbonyl (C=O) groups excluding carboxylic acids is 1. The number of aryl methyl sites for hydroxylation is 1. The molecule has 112 valence electrons. The molecule has 6 heteroatoms. The normalized spacial score (nSPS) is 19.0. The lowest BCUT2D eigenvalue weighted by atomic mass is 10.0. The van der Waals surface area contributed by atoms with Crippen LogP contribution in [0.4, 0.5) is 5.82 Å². The molecular weight excluding hydrogens is 258 g/mol. The van der Waals surface area contributed by atoms with E-state index >= 15 is 0 Å². The van der Waals surface area contributed by atoms with Crippen LogP contribution >= 0.6 is 0 Å². The SMILES string of the molecule is CCOC(=O)c1nc(CC)n(CC2CCCOC2)c1N. The molecule has 1 aromatic rings. The molecule has 0 amide bonds. The lowest BCUT2D eigenvalue weighted by Gasteiger charge is -2.23. The zero-order chi connectivity index (χ0) is 14.5. The number of imidazole rings is 1. The highest BCUT2D eigenvalue weighted by Gasteiger charge is 2.23. The van der Waals surface area contributed by atoms with E-state index in [1.54, 1.807) is 6.92 Å². The summed E-state index contributed by atoms with van der Waals surface area (Å²) in [4.78, 5) is 16.2. The molecule has 1 unspecified atom stereocenters. The van der Waals surface area contributed by atoms with Crippen molar-refractivity contribution in [2.75, 3.05) is 25.6 Å². The van der Waals surface area contributed by atoms with Crippen LogP contribution in [0.1, 0.15) is 43.0 Å². The molecule has 2 N–H and O–H groups in total. The van der Waals surface area contributed by atoms with Gasteiger partial charge in [-0.1, -0.05) is 6.92 Å². The Morgan fingerprint density at radius 3 is 2.95 bits per heavy atom. The molecule has 20 heavy (non-hydrogen) atoms. The van der Waals surface area contributed by atoms with Gasteiger partial charge < -0.3 is 19.8 Å². The zero-order valence-corrected chi connectivity index (χ0v) is 12.2. The lowest BCUT2D eigenvalue weighted by Crippen LogP contribution is -2.23. The maximum Gasteiger partial charge on any atom is 0.360 e. The monoisotopic (exact) mass is 281 g/mol. The second-order valence-electron chi connectivity index (χ2n) is 5.03. The fourth-order valence-corrected chi connectivity index (χ4v) is 2.55. The highest BCUT2D eigenvalue weighted by molar-refractivity contribution is 5.92. The predicted octanol–water partition coefficient (Wildman–Crippen LogP) is 1.63. The van der Waals surface area contributed by atoms with E-state index in [0.29, 0.717) is 18.3 Å². The predicted molar refractivity (Wildman–Crippen MR) is 75.5 cm³/mol. The Morgan fingerprint density at radius 1 is 1.55 bits per heavy atom. The van der Waals surface area contributed by atoms with Crippen LogP contribution in [-0.2, 0) is 22.4 Å². The fraction of sp³-hybridized carbons (Fsp3) is 0.714. The topological polar surface area (TPSA) is 79.4 Å². The molecule has 0 spiro atoms. The van der Waals surface area contributed by atoms with Crippen LogP contribution in [0, 0.1) is 5.92 Å². The van der Waals surface area contributed by atoms with E-state index in [-0.39, 0.29) is 5.69 Å². The number of anilines is 1.